The molecular weight excluding hydrogens is 506 g/mol. The number of hydrogen-bond acceptors (Lipinski definition) is 4. The molecule has 3 aromatic carbocycles. The van der Waals surface area contributed by atoms with Crippen molar-refractivity contribution in [3.05, 3.63) is 93.5 Å². The quantitative estimate of drug-likeness (QED) is 0.213. The van der Waals surface area contributed by atoms with Crippen molar-refractivity contribution in [2.75, 3.05) is 5.32 Å². The summed E-state index contributed by atoms with van der Waals surface area (Å²) in [5.41, 5.74) is 2.64. The molecular formula is C24H18Cl2F3N3O3. The Kier molecular flexibility index (Phi) is 8.73. The summed E-state index contributed by atoms with van der Waals surface area (Å²) in [5, 5.41) is 7.05. The van der Waals surface area contributed by atoms with E-state index in [1.807, 2.05) is 0 Å². The van der Waals surface area contributed by atoms with Gasteiger partial charge in [-0.1, -0.05) is 35.3 Å². The lowest BCUT2D eigenvalue weighted by atomic mass is 10.2. The Hall–Kier alpha value is -3.56. The summed E-state index contributed by atoms with van der Waals surface area (Å²) >= 11 is 12.0. The van der Waals surface area contributed by atoms with Crippen LogP contribution in [0, 0.1) is 0 Å². The van der Waals surface area contributed by atoms with Gasteiger partial charge in [-0.25, -0.2) is 5.43 Å². The minimum absolute atomic E-state index is 0.0678. The van der Waals surface area contributed by atoms with E-state index < -0.39 is 30.0 Å². The van der Waals surface area contributed by atoms with Crippen LogP contribution in [-0.4, -0.2) is 18.0 Å². The molecule has 0 aliphatic carbocycles. The predicted octanol–water partition coefficient (Wildman–Crippen LogP) is 6.07. The molecule has 2 N–H and O–H groups in total. The van der Waals surface area contributed by atoms with Gasteiger partial charge in [-0.05, 0) is 60.2 Å². The number of halogens is 5. The molecule has 0 spiro atoms. The fourth-order valence-corrected chi connectivity index (χ4v) is 3.26. The normalized spacial score (nSPS) is 11.3. The molecule has 0 saturated heterocycles. The van der Waals surface area contributed by atoms with E-state index in [0.717, 1.165) is 23.8 Å². The van der Waals surface area contributed by atoms with Crippen LogP contribution in [0.15, 0.2) is 71.8 Å². The van der Waals surface area contributed by atoms with Crippen molar-refractivity contribution in [1.82, 2.24) is 5.43 Å². The van der Waals surface area contributed by atoms with Crippen molar-refractivity contribution in [3.63, 3.8) is 0 Å². The molecule has 2 amide bonds. The maximum absolute atomic E-state index is 12.7. The van der Waals surface area contributed by atoms with Gasteiger partial charge < -0.3 is 10.1 Å². The first-order valence-corrected chi connectivity index (χ1v) is 10.8. The van der Waals surface area contributed by atoms with Crippen LogP contribution in [0.1, 0.15) is 23.1 Å². The molecule has 0 unspecified atom stereocenters. The number of rotatable bonds is 8. The SMILES string of the molecule is O=C(CC(=O)Nc1cccc(C(F)(F)F)c1)NN=Cc1ccc(OCc2ccc(Cl)cc2Cl)cc1. The Morgan fingerprint density at radius 3 is 2.40 bits per heavy atom. The van der Waals surface area contributed by atoms with Crippen molar-refractivity contribution < 1.29 is 27.5 Å². The Bertz CT molecular complexity index is 1230. The van der Waals surface area contributed by atoms with Crippen LogP contribution in [0.2, 0.25) is 10.0 Å². The van der Waals surface area contributed by atoms with Gasteiger partial charge in [-0.3, -0.25) is 9.59 Å². The van der Waals surface area contributed by atoms with E-state index in [2.05, 4.69) is 15.8 Å². The summed E-state index contributed by atoms with van der Waals surface area (Å²) in [6.07, 6.45) is -3.79. The maximum Gasteiger partial charge on any atom is 0.416 e. The van der Waals surface area contributed by atoms with Gasteiger partial charge in [0.15, 0.2) is 0 Å². The minimum atomic E-state index is -4.54. The largest absolute Gasteiger partial charge is 0.489 e. The molecule has 0 atom stereocenters. The molecule has 0 saturated carbocycles. The third kappa shape index (κ3) is 8.31. The first kappa shape index (κ1) is 26.1. The van der Waals surface area contributed by atoms with Gasteiger partial charge in [-0.2, -0.15) is 18.3 Å². The van der Waals surface area contributed by atoms with E-state index in [9.17, 15) is 22.8 Å². The van der Waals surface area contributed by atoms with Crippen molar-refractivity contribution in [2.24, 2.45) is 5.10 Å². The Labute approximate surface area is 208 Å². The fourth-order valence-electron chi connectivity index (χ4n) is 2.79. The average molecular weight is 524 g/mol. The van der Waals surface area contributed by atoms with Gasteiger partial charge in [0.05, 0.1) is 11.8 Å². The number of anilines is 1. The van der Waals surface area contributed by atoms with Gasteiger partial charge >= 0.3 is 6.18 Å². The van der Waals surface area contributed by atoms with Gasteiger partial charge in [0.1, 0.15) is 18.8 Å². The summed E-state index contributed by atoms with van der Waals surface area (Å²) < 4.78 is 43.9. The molecule has 0 fully saturated rings. The van der Waals surface area contributed by atoms with Gasteiger partial charge in [-0.15, -0.1) is 0 Å². The summed E-state index contributed by atoms with van der Waals surface area (Å²) in [5.74, 6) is -0.923. The number of ether oxygens (including phenoxy) is 1. The predicted molar refractivity (Wildman–Crippen MR) is 128 cm³/mol. The third-order valence-electron chi connectivity index (χ3n) is 4.49. The second-order valence-electron chi connectivity index (χ2n) is 7.19. The zero-order valence-electron chi connectivity index (χ0n) is 17.9. The molecule has 35 heavy (non-hydrogen) atoms. The zero-order chi connectivity index (χ0) is 25.4. The molecule has 11 heteroatoms. The first-order valence-electron chi connectivity index (χ1n) is 10.1. The van der Waals surface area contributed by atoms with Gasteiger partial charge in [0, 0.05) is 21.3 Å². The Morgan fingerprint density at radius 2 is 1.71 bits per heavy atom. The highest BCUT2D eigenvalue weighted by atomic mass is 35.5. The number of hydrazone groups is 1. The monoisotopic (exact) mass is 523 g/mol. The summed E-state index contributed by atoms with van der Waals surface area (Å²) in [7, 11) is 0. The molecule has 0 aromatic heterocycles. The van der Waals surface area contributed by atoms with Crippen molar-refractivity contribution in [2.45, 2.75) is 19.2 Å². The molecule has 3 rings (SSSR count). The second kappa shape index (κ2) is 11.7. The van der Waals surface area contributed by atoms with Crippen LogP contribution in [0.25, 0.3) is 0 Å². The lowest BCUT2D eigenvalue weighted by Crippen LogP contribution is -2.24. The van der Waals surface area contributed by atoms with Crippen LogP contribution >= 0.6 is 23.2 Å². The van der Waals surface area contributed by atoms with E-state index in [4.69, 9.17) is 27.9 Å². The molecule has 3 aromatic rings. The number of nitrogens with one attached hydrogen (secondary N) is 2. The van der Waals surface area contributed by atoms with Crippen LogP contribution in [0.5, 0.6) is 5.75 Å². The molecule has 0 aliphatic rings. The smallest absolute Gasteiger partial charge is 0.416 e. The maximum atomic E-state index is 12.7. The number of benzene rings is 3. The van der Waals surface area contributed by atoms with E-state index in [1.165, 1.54) is 12.3 Å². The first-order chi connectivity index (χ1) is 16.6. The highest BCUT2D eigenvalue weighted by molar-refractivity contribution is 6.35. The van der Waals surface area contributed by atoms with E-state index in [0.29, 0.717) is 21.4 Å². The topological polar surface area (TPSA) is 79.8 Å². The lowest BCUT2D eigenvalue weighted by Gasteiger charge is -2.09. The van der Waals surface area contributed by atoms with Crippen molar-refractivity contribution in [1.29, 1.82) is 0 Å². The molecule has 182 valence electrons. The van der Waals surface area contributed by atoms with Crippen LogP contribution in [0.4, 0.5) is 18.9 Å². The van der Waals surface area contributed by atoms with Crippen LogP contribution in [-0.2, 0) is 22.4 Å². The molecule has 0 bridgehead atoms. The molecule has 0 heterocycles. The highest BCUT2D eigenvalue weighted by Gasteiger charge is 2.30. The average Bonchev–Trinajstić information content (AvgIpc) is 2.79. The number of alkyl halides is 3. The highest BCUT2D eigenvalue weighted by Crippen LogP contribution is 2.30. The van der Waals surface area contributed by atoms with E-state index in [1.54, 1.807) is 42.5 Å². The van der Waals surface area contributed by atoms with E-state index >= 15 is 0 Å². The van der Waals surface area contributed by atoms with Gasteiger partial charge in [0.25, 0.3) is 0 Å². The second-order valence-corrected chi connectivity index (χ2v) is 8.03. The van der Waals surface area contributed by atoms with Crippen molar-refractivity contribution >= 4 is 46.9 Å². The Balaban J connectivity index is 1.45. The summed E-state index contributed by atoms with van der Waals surface area (Å²) in [6, 6.07) is 16.0. The van der Waals surface area contributed by atoms with Crippen LogP contribution in [0.3, 0.4) is 0 Å². The third-order valence-corrected chi connectivity index (χ3v) is 5.07. The number of amides is 2. The number of carbonyl (C=O) groups excluding carboxylic acids is 2. The molecule has 6 nitrogen and oxygen atoms in total. The van der Waals surface area contributed by atoms with E-state index in [-0.39, 0.29) is 12.3 Å². The molecule has 0 radical (unpaired) electrons. The lowest BCUT2D eigenvalue weighted by molar-refractivity contribution is -0.137. The minimum Gasteiger partial charge on any atom is -0.489 e. The number of carbonyl (C=O) groups is 2. The number of hydrogen-bond donors (Lipinski definition) is 2. The summed E-state index contributed by atoms with van der Waals surface area (Å²) in [6.45, 7) is 0.252. The Morgan fingerprint density at radius 1 is 0.971 bits per heavy atom. The fraction of sp³-hybridized carbons (Fsp3) is 0.125. The number of nitrogens with zero attached hydrogens (tertiary/aromatic N) is 1. The van der Waals surface area contributed by atoms with Gasteiger partial charge in [0.2, 0.25) is 11.8 Å². The zero-order valence-corrected chi connectivity index (χ0v) is 19.4. The van der Waals surface area contributed by atoms with Crippen molar-refractivity contribution in [3.8, 4) is 5.75 Å². The molecule has 0 aliphatic heterocycles. The van der Waals surface area contributed by atoms with Crippen LogP contribution < -0.4 is 15.5 Å². The summed E-state index contributed by atoms with van der Waals surface area (Å²) in [4.78, 5) is 23.8. The standard InChI is InChI=1S/C24H18Cl2F3N3O3/c25-18-7-6-16(21(26)11-18)14-35-20-8-4-15(5-9-20)13-30-32-23(34)12-22(33)31-19-3-1-2-17(10-19)24(27,28)29/h1-11,13H,12,14H2,(H,31,33)(H,32,34).